The molecular formula is C16H20N4O2. The molecule has 1 aromatic heterocycles. The molecule has 2 rings (SSSR count). The van der Waals surface area contributed by atoms with Crippen molar-refractivity contribution >= 4 is 17.6 Å². The zero-order chi connectivity index (χ0) is 16.3. The van der Waals surface area contributed by atoms with Gasteiger partial charge in [-0.05, 0) is 25.0 Å². The quantitative estimate of drug-likeness (QED) is 0.885. The molecular weight excluding hydrogens is 280 g/mol. The third-order valence-corrected chi connectivity index (χ3v) is 3.49. The van der Waals surface area contributed by atoms with Crippen LogP contribution in [0.5, 0.6) is 0 Å². The minimum absolute atomic E-state index is 0.209. The average molecular weight is 300 g/mol. The van der Waals surface area contributed by atoms with Gasteiger partial charge in [-0.25, -0.2) is 4.98 Å². The van der Waals surface area contributed by atoms with Crippen LogP contribution >= 0.6 is 0 Å². The first-order valence-electron chi connectivity index (χ1n) is 7.13. The van der Waals surface area contributed by atoms with E-state index in [4.69, 9.17) is 5.73 Å². The highest BCUT2D eigenvalue weighted by atomic mass is 16.2. The molecule has 0 fully saturated rings. The van der Waals surface area contributed by atoms with E-state index >= 15 is 0 Å². The molecule has 1 aromatic carbocycles. The summed E-state index contributed by atoms with van der Waals surface area (Å²) < 4.78 is 1.66. The Morgan fingerprint density at radius 2 is 2.05 bits per heavy atom. The molecule has 22 heavy (non-hydrogen) atoms. The van der Waals surface area contributed by atoms with Gasteiger partial charge in [-0.1, -0.05) is 30.7 Å². The molecule has 0 aliphatic carbocycles. The summed E-state index contributed by atoms with van der Waals surface area (Å²) in [7, 11) is 0. The number of imidazole rings is 1. The summed E-state index contributed by atoms with van der Waals surface area (Å²) in [5.41, 5.74) is 9.03. The molecule has 0 bridgehead atoms. The second-order valence-electron chi connectivity index (χ2n) is 5.27. The molecule has 0 saturated carbocycles. The highest BCUT2D eigenvalue weighted by Gasteiger charge is 2.18. The summed E-state index contributed by atoms with van der Waals surface area (Å²) in [5.74, 6) is -0.614. The molecule has 0 atom stereocenters. The summed E-state index contributed by atoms with van der Waals surface area (Å²) in [6, 6.07) is 6.11. The number of amides is 2. The number of rotatable bonds is 5. The lowest BCUT2D eigenvalue weighted by Crippen LogP contribution is -2.21. The van der Waals surface area contributed by atoms with E-state index in [-0.39, 0.29) is 17.4 Å². The highest BCUT2D eigenvalue weighted by molar-refractivity contribution is 6.00. The Labute approximate surface area is 129 Å². The zero-order valence-electron chi connectivity index (χ0n) is 13.0. The lowest BCUT2D eigenvalue weighted by atomic mass is 10.1. The van der Waals surface area contributed by atoms with E-state index in [1.165, 1.54) is 11.9 Å². The Bertz CT molecular complexity index is 719. The van der Waals surface area contributed by atoms with Gasteiger partial charge in [-0.2, -0.15) is 0 Å². The fourth-order valence-electron chi connectivity index (χ4n) is 2.28. The van der Waals surface area contributed by atoms with E-state index in [0.29, 0.717) is 13.0 Å². The van der Waals surface area contributed by atoms with E-state index in [9.17, 15) is 9.59 Å². The Morgan fingerprint density at radius 3 is 2.64 bits per heavy atom. The lowest BCUT2D eigenvalue weighted by Gasteiger charge is -2.10. The molecule has 6 nitrogen and oxygen atoms in total. The van der Waals surface area contributed by atoms with E-state index in [2.05, 4.69) is 16.4 Å². The van der Waals surface area contributed by atoms with Crippen molar-refractivity contribution in [1.82, 2.24) is 9.55 Å². The SMILES string of the molecule is CCC(=O)Nc1ncn(Cc2ccc(C)cc2C)c1C(N)=O. The number of aromatic nitrogens is 2. The zero-order valence-corrected chi connectivity index (χ0v) is 13.0. The van der Waals surface area contributed by atoms with Crippen LogP contribution in [0.3, 0.4) is 0 Å². The van der Waals surface area contributed by atoms with Crippen LogP contribution in [0.15, 0.2) is 24.5 Å². The predicted octanol–water partition coefficient (Wildman–Crippen LogP) is 2.00. The number of carbonyl (C=O) groups is 2. The standard InChI is InChI=1S/C16H20N4O2/c1-4-13(21)19-16-14(15(17)22)20(9-18-16)8-12-6-5-10(2)7-11(12)3/h5-7,9H,4,8H2,1-3H3,(H2,17,22)(H,19,21). The largest absolute Gasteiger partial charge is 0.364 e. The Kier molecular flexibility index (Phi) is 4.60. The minimum Gasteiger partial charge on any atom is -0.364 e. The van der Waals surface area contributed by atoms with Crippen LogP contribution in [0.4, 0.5) is 5.82 Å². The third-order valence-electron chi connectivity index (χ3n) is 3.49. The molecule has 0 radical (unpaired) electrons. The van der Waals surface area contributed by atoms with Crippen LogP contribution in [-0.4, -0.2) is 21.4 Å². The van der Waals surface area contributed by atoms with Crippen LogP contribution in [0.2, 0.25) is 0 Å². The molecule has 0 spiro atoms. The fraction of sp³-hybridized carbons (Fsp3) is 0.312. The molecule has 3 N–H and O–H groups in total. The number of primary amides is 1. The topological polar surface area (TPSA) is 90.0 Å². The maximum atomic E-state index is 11.7. The van der Waals surface area contributed by atoms with Crippen LogP contribution in [-0.2, 0) is 11.3 Å². The summed E-state index contributed by atoms with van der Waals surface area (Å²) in [4.78, 5) is 27.3. The van der Waals surface area contributed by atoms with Crippen molar-refractivity contribution in [2.75, 3.05) is 5.32 Å². The number of anilines is 1. The molecule has 6 heteroatoms. The Morgan fingerprint density at radius 1 is 1.32 bits per heavy atom. The monoisotopic (exact) mass is 300 g/mol. The maximum Gasteiger partial charge on any atom is 0.269 e. The Balaban J connectivity index is 2.35. The fourth-order valence-corrected chi connectivity index (χ4v) is 2.28. The van der Waals surface area contributed by atoms with Gasteiger partial charge in [-0.15, -0.1) is 0 Å². The van der Waals surface area contributed by atoms with E-state index < -0.39 is 5.91 Å². The van der Waals surface area contributed by atoms with Crippen molar-refractivity contribution in [3.8, 4) is 0 Å². The first kappa shape index (κ1) is 15.8. The first-order chi connectivity index (χ1) is 10.4. The van der Waals surface area contributed by atoms with Crippen molar-refractivity contribution in [3.63, 3.8) is 0 Å². The number of nitrogens with zero attached hydrogens (tertiary/aromatic N) is 2. The third kappa shape index (κ3) is 3.33. The number of carbonyl (C=O) groups excluding carboxylic acids is 2. The van der Waals surface area contributed by atoms with Gasteiger partial charge in [0, 0.05) is 13.0 Å². The van der Waals surface area contributed by atoms with Gasteiger partial charge in [0.15, 0.2) is 11.5 Å². The maximum absolute atomic E-state index is 11.7. The van der Waals surface area contributed by atoms with Gasteiger partial charge >= 0.3 is 0 Å². The van der Waals surface area contributed by atoms with Gasteiger partial charge in [-0.3, -0.25) is 9.59 Å². The lowest BCUT2D eigenvalue weighted by molar-refractivity contribution is -0.115. The molecule has 0 aliphatic heterocycles. The number of hydrogen-bond acceptors (Lipinski definition) is 3. The summed E-state index contributed by atoms with van der Waals surface area (Å²) in [6.45, 7) is 6.25. The number of nitrogens with two attached hydrogens (primary N) is 1. The first-order valence-corrected chi connectivity index (χ1v) is 7.13. The van der Waals surface area contributed by atoms with Crippen LogP contribution in [0, 0.1) is 13.8 Å². The molecule has 2 aromatic rings. The van der Waals surface area contributed by atoms with E-state index in [0.717, 1.165) is 11.1 Å². The van der Waals surface area contributed by atoms with Crippen molar-refractivity contribution < 1.29 is 9.59 Å². The molecule has 0 unspecified atom stereocenters. The Hall–Kier alpha value is -2.63. The van der Waals surface area contributed by atoms with Crippen LogP contribution < -0.4 is 11.1 Å². The van der Waals surface area contributed by atoms with Gasteiger partial charge in [0.2, 0.25) is 5.91 Å². The number of hydrogen-bond donors (Lipinski definition) is 2. The molecule has 0 saturated heterocycles. The van der Waals surface area contributed by atoms with Gasteiger partial charge in [0.1, 0.15) is 0 Å². The molecule has 2 amide bonds. The molecule has 116 valence electrons. The van der Waals surface area contributed by atoms with Gasteiger partial charge in [0.25, 0.3) is 5.91 Å². The van der Waals surface area contributed by atoms with Crippen LogP contribution in [0.1, 0.15) is 40.5 Å². The highest BCUT2D eigenvalue weighted by Crippen LogP contribution is 2.18. The smallest absolute Gasteiger partial charge is 0.269 e. The van der Waals surface area contributed by atoms with Crippen molar-refractivity contribution in [3.05, 3.63) is 46.9 Å². The van der Waals surface area contributed by atoms with Crippen molar-refractivity contribution in [2.24, 2.45) is 5.73 Å². The van der Waals surface area contributed by atoms with Gasteiger partial charge in [0.05, 0.1) is 6.33 Å². The molecule has 0 aliphatic rings. The predicted molar refractivity (Wildman–Crippen MR) is 84.7 cm³/mol. The molecule has 1 heterocycles. The normalized spacial score (nSPS) is 10.5. The van der Waals surface area contributed by atoms with Crippen molar-refractivity contribution in [2.45, 2.75) is 33.7 Å². The summed E-state index contributed by atoms with van der Waals surface area (Å²) >= 11 is 0. The van der Waals surface area contributed by atoms with Gasteiger partial charge < -0.3 is 15.6 Å². The summed E-state index contributed by atoms with van der Waals surface area (Å²) in [6.07, 6.45) is 1.83. The van der Waals surface area contributed by atoms with E-state index in [1.54, 1.807) is 11.5 Å². The number of aryl methyl sites for hydroxylation is 2. The van der Waals surface area contributed by atoms with E-state index in [1.807, 2.05) is 26.0 Å². The number of benzene rings is 1. The summed E-state index contributed by atoms with van der Waals surface area (Å²) in [5, 5.41) is 2.60. The van der Waals surface area contributed by atoms with Crippen molar-refractivity contribution in [1.29, 1.82) is 0 Å². The number of nitrogens with one attached hydrogen (secondary N) is 1. The second-order valence-corrected chi connectivity index (χ2v) is 5.27. The average Bonchev–Trinajstić information content (AvgIpc) is 2.84. The second kappa shape index (κ2) is 6.43. The van der Waals surface area contributed by atoms with Crippen LogP contribution in [0.25, 0.3) is 0 Å². The minimum atomic E-state index is -0.617.